The maximum Gasteiger partial charge on any atom is 0.263 e. The van der Waals surface area contributed by atoms with Crippen LogP contribution in [0.15, 0.2) is 41.3 Å². The van der Waals surface area contributed by atoms with E-state index in [1.165, 1.54) is 36.4 Å². The lowest BCUT2D eigenvalue weighted by Gasteiger charge is -2.11. The van der Waals surface area contributed by atoms with Crippen LogP contribution in [0, 0.1) is 11.3 Å². The minimum atomic E-state index is -3.88. The molecule has 0 aliphatic carbocycles. The van der Waals surface area contributed by atoms with Gasteiger partial charge in [-0.3, -0.25) is 4.72 Å². The number of benzene rings is 2. The molecule has 0 spiro atoms. The Morgan fingerprint density at radius 3 is 2.38 bits per heavy atom. The van der Waals surface area contributed by atoms with Crippen LogP contribution in [-0.2, 0) is 10.0 Å². The number of halogens is 2. The summed E-state index contributed by atoms with van der Waals surface area (Å²) < 4.78 is 26.9. The molecule has 0 amide bonds. The van der Waals surface area contributed by atoms with Gasteiger partial charge in [0.25, 0.3) is 10.0 Å². The Hall–Kier alpha value is -1.94. The number of hydrogen-bond acceptors (Lipinski definition) is 4. The van der Waals surface area contributed by atoms with Gasteiger partial charge in [-0.25, -0.2) is 8.42 Å². The number of hydrogen-bond donors (Lipinski definition) is 2. The maximum atomic E-state index is 12.3. The molecule has 0 bridgehead atoms. The van der Waals surface area contributed by atoms with Crippen molar-refractivity contribution in [3.05, 3.63) is 52.0 Å². The van der Waals surface area contributed by atoms with Gasteiger partial charge in [0.1, 0.15) is 4.90 Å². The van der Waals surface area contributed by atoms with E-state index in [-0.39, 0.29) is 26.9 Å². The van der Waals surface area contributed by atoms with E-state index in [0.29, 0.717) is 5.02 Å². The van der Waals surface area contributed by atoms with Crippen molar-refractivity contribution in [3.63, 3.8) is 0 Å². The second-order valence-corrected chi connectivity index (χ2v) is 6.56. The highest BCUT2D eigenvalue weighted by atomic mass is 35.5. The SMILES string of the molecule is N#Cc1ccc(S(=O)(=O)Nc2ccc(Cl)c(Cl)c2)c(N)c1. The lowest BCUT2D eigenvalue weighted by Crippen LogP contribution is -2.14. The standard InChI is InChI=1S/C13H9Cl2N3O2S/c14-10-3-2-9(6-11(10)15)18-21(19,20)13-4-1-8(7-16)5-12(13)17/h1-6,18H,17H2. The molecular weight excluding hydrogens is 333 g/mol. The summed E-state index contributed by atoms with van der Waals surface area (Å²) in [5.41, 5.74) is 6.20. The van der Waals surface area contributed by atoms with Gasteiger partial charge in [-0.15, -0.1) is 0 Å². The number of rotatable bonds is 3. The number of nitrogens with zero attached hydrogens (tertiary/aromatic N) is 1. The van der Waals surface area contributed by atoms with Gasteiger partial charge in [0.05, 0.1) is 33.1 Å². The first-order valence-corrected chi connectivity index (χ1v) is 7.85. The Kier molecular flexibility index (Phi) is 4.28. The third-order valence-electron chi connectivity index (χ3n) is 2.60. The fraction of sp³-hybridized carbons (Fsp3) is 0. The summed E-state index contributed by atoms with van der Waals surface area (Å²) >= 11 is 11.6. The Bertz CT molecular complexity index is 845. The molecule has 0 unspecified atom stereocenters. The molecule has 0 radical (unpaired) electrons. The molecule has 0 heterocycles. The summed E-state index contributed by atoms with van der Waals surface area (Å²) in [6.45, 7) is 0. The highest BCUT2D eigenvalue weighted by molar-refractivity contribution is 7.92. The fourth-order valence-corrected chi connectivity index (χ4v) is 3.09. The molecule has 0 atom stereocenters. The van der Waals surface area contributed by atoms with E-state index in [4.69, 9.17) is 34.2 Å². The fourth-order valence-electron chi connectivity index (χ4n) is 1.63. The number of anilines is 2. The van der Waals surface area contributed by atoms with Crippen LogP contribution in [-0.4, -0.2) is 8.42 Å². The molecule has 0 aliphatic heterocycles. The van der Waals surface area contributed by atoms with E-state index in [9.17, 15) is 8.42 Å². The number of sulfonamides is 1. The molecule has 2 rings (SSSR count). The molecule has 3 N–H and O–H groups in total. The van der Waals surface area contributed by atoms with Crippen LogP contribution in [0.25, 0.3) is 0 Å². The third-order valence-corrected chi connectivity index (χ3v) is 4.79. The Labute approximate surface area is 132 Å². The predicted octanol–water partition coefficient (Wildman–Crippen LogP) is 3.25. The Balaban J connectivity index is 2.38. The molecule has 0 aromatic heterocycles. The summed E-state index contributed by atoms with van der Waals surface area (Å²) in [5, 5.41) is 9.29. The number of nitriles is 1. The summed E-state index contributed by atoms with van der Waals surface area (Å²) in [7, 11) is -3.88. The Morgan fingerprint density at radius 2 is 1.81 bits per heavy atom. The van der Waals surface area contributed by atoms with E-state index in [2.05, 4.69) is 4.72 Å². The molecule has 0 aliphatic rings. The third kappa shape index (κ3) is 3.39. The van der Waals surface area contributed by atoms with Crippen LogP contribution in [0.4, 0.5) is 11.4 Å². The minimum Gasteiger partial charge on any atom is -0.398 e. The average molecular weight is 342 g/mol. The van der Waals surface area contributed by atoms with Crippen LogP contribution in [0.2, 0.25) is 10.0 Å². The smallest absolute Gasteiger partial charge is 0.263 e. The van der Waals surface area contributed by atoms with Gasteiger partial charge in [0.15, 0.2) is 0 Å². The van der Waals surface area contributed by atoms with Gasteiger partial charge in [0, 0.05) is 0 Å². The van der Waals surface area contributed by atoms with Gasteiger partial charge in [-0.1, -0.05) is 23.2 Å². The zero-order valence-electron chi connectivity index (χ0n) is 10.5. The lowest BCUT2D eigenvalue weighted by molar-refractivity contribution is 0.601. The van der Waals surface area contributed by atoms with Crippen molar-refractivity contribution in [1.82, 2.24) is 0 Å². The van der Waals surface area contributed by atoms with Crippen LogP contribution in [0.3, 0.4) is 0 Å². The zero-order valence-corrected chi connectivity index (χ0v) is 12.8. The molecule has 21 heavy (non-hydrogen) atoms. The molecule has 0 saturated carbocycles. The minimum absolute atomic E-state index is 0.0124. The van der Waals surface area contributed by atoms with E-state index >= 15 is 0 Å². The first-order valence-electron chi connectivity index (χ1n) is 5.61. The Morgan fingerprint density at radius 1 is 1.10 bits per heavy atom. The topological polar surface area (TPSA) is 96.0 Å². The van der Waals surface area contributed by atoms with Crippen molar-refractivity contribution in [3.8, 4) is 6.07 Å². The molecule has 0 fully saturated rings. The van der Waals surface area contributed by atoms with E-state index in [0.717, 1.165) is 0 Å². The zero-order chi connectivity index (χ0) is 15.6. The van der Waals surface area contributed by atoms with Gasteiger partial charge in [-0.05, 0) is 36.4 Å². The highest BCUT2D eigenvalue weighted by Crippen LogP contribution is 2.27. The van der Waals surface area contributed by atoms with Crippen molar-refractivity contribution in [2.45, 2.75) is 4.90 Å². The van der Waals surface area contributed by atoms with Crippen LogP contribution in [0.1, 0.15) is 5.56 Å². The van der Waals surface area contributed by atoms with Crippen LogP contribution < -0.4 is 10.5 Å². The summed E-state index contributed by atoms with van der Waals surface area (Å²) in [6.07, 6.45) is 0. The maximum absolute atomic E-state index is 12.3. The number of nitrogens with one attached hydrogen (secondary N) is 1. The van der Waals surface area contributed by atoms with Crippen molar-refractivity contribution < 1.29 is 8.42 Å². The summed E-state index contributed by atoms with van der Waals surface area (Å²) in [5.74, 6) is 0. The van der Waals surface area contributed by atoms with Crippen molar-refractivity contribution in [2.24, 2.45) is 0 Å². The van der Waals surface area contributed by atoms with Crippen LogP contribution >= 0.6 is 23.2 Å². The van der Waals surface area contributed by atoms with Crippen molar-refractivity contribution in [1.29, 1.82) is 5.26 Å². The van der Waals surface area contributed by atoms with Gasteiger partial charge in [0.2, 0.25) is 0 Å². The molecular formula is C13H9Cl2N3O2S. The number of nitrogens with two attached hydrogens (primary N) is 1. The second-order valence-electron chi connectivity index (χ2n) is 4.10. The van der Waals surface area contributed by atoms with E-state index < -0.39 is 10.0 Å². The highest BCUT2D eigenvalue weighted by Gasteiger charge is 2.18. The summed E-state index contributed by atoms with van der Waals surface area (Å²) in [4.78, 5) is -0.118. The lowest BCUT2D eigenvalue weighted by atomic mass is 10.2. The summed E-state index contributed by atoms with van der Waals surface area (Å²) in [6, 6.07) is 10.2. The largest absolute Gasteiger partial charge is 0.398 e. The van der Waals surface area contributed by atoms with Crippen molar-refractivity contribution in [2.75, 3.05) is 10.5 Å². The van der Waals surface area contributed by atoms with Gasteiger partial charge >= 0.3 is 0 Å². The van der Waals surface area contributed by atoms with Gasteiger partial charge < -0.3 is 5.73 Å². The molecule has 108 valence electrons. The normalized spacial score (nSPS) is 10.9. The molecule has 8 heteroatoms. The van der Waals surface area contributed by atoms with Gasteiger partial charge in [-0.2, -0.15) is 5.26 Å². The molecule has 5 nitrogen and oxygen atoms in total. The quantitative estimate of drug-likeness (QED) is 0.837. The van der Waals surface area contributed by atoms with Crippen molar-refractivity contribution >= 4 is 44.6 Å². The predicted molar refractivity (Wildman–Crippen MR) is 82.8 cm³/mol. The molecule has 0 saturated heterocycles. The van der Waals surface area contributed by atoms with E-state index in [1.807, 2.05) is 6.07 Å². The van der Waals surface area contributed by atoms with E-state index in [1.54, 1.807) is 0 Å². The first kappa shape index (κ1) is 15.4. The first-order chi connectivity index (χ1) is 9.83. The van der Waals surface area contributed by atoms with Crippen LogP contribution in [0.5, 0.6) is 0 Å². The average Bonchev–Trinajstić information content (AvgIpc) is 2.42. The molecule has 2 aromatic carbocycles. The molecule has 2 aromatic rings. The monoisotopic (exact) mass is 341 g/mol. The number of nitrogen functional groups attached to an aromatic ring is 1. The second kappa shape index (κ2) is 5.82.